The first-order valence-electron chi connectivity index (χ1n) is 12.8. The minimum atomic E-state index is -0.251. The zero-order valence-corrected chi connectivity index (χ0v) is 21.2. The van der Waals surface area contributed by atoms with Crippen molar-refractivity contribution >= 4 is 5.69 Å². The molecule has 2 aromatic heterocycles. The highest BCUT2D eigenvalue weighted by atomic mass is 16.3. The van der Waals surface area contributed by atoms with Crippen molar-refractivity contribution < 1.29 is 5.11 Å². The Morgan fingerprint density at radius 2 is 1.97 bits per heavy atom. The highest BCUT2D eigenvalue weighted by Gasteiger charge is 2.27. The van der Waals surface area contributed by atoms with E-state index < -0.39 is 0 Å². The van der Waals surface area contributed by atoms with Crippen molar-refractivity contribution in [3.05, 3.63) is 72.2 Å². The van der Waals surface area contributed by atoms with Gasteiger partial charge in [0.05, 0.1) is 29.6 Å². The average molecular weight is 494 g/mol. The van der Waals surface area contributed by atoms with Crippen molar-refractivity contribution in [2.45, 2.75) is 32.4 Å². The number of fused-ring (bicyclic) bond motifs is 5. The Kier molecular flexibility index (Phi) is 5.82. The van der Waals surface area contributed by atoms with Crippen molar-refractivity contribution in [1.29, 1.82) is 5.26 Å². The zero-order chi connectivity index (χ0) is 25.6. The van der Waals surface area contributed by atoms with E-state index in [1.807, 2.05) is 38.1 Å². The molecule has 1 fully saturated rings. The van der Waals surface area contributed by atoms with Gasteiger partial charge in [0, 0.05) is 49.2 Å². The van der Waals surface area contributed by atoms with Crippen LogP contribution >= 0.6 is 0 Å². The molecule has 8 nitrogen and oxygen atoms in total. The van der Waals surface area contributed by atoms with E-state index in [2.05, 4.69) is 66.1 Å². The first-order valence-corrected chi connectivity index (χ1v) is 12.8. The van der Waals surface area contributed by atoms with Crippen LogP contribution in [0.5, 0.6) is 0 Å². The number of hydrogen-bond acceptors (Lipinski definition) is 6. The summed E-state index contributed by atoms with van der Waals surface area (Å²) in [5.41, 5.74) is 7.15. The highest BCUT2D eigenvalue weighted by Crippen LogP contribution is 2.35. The van der Waals surface area contributed by atoms with Gasteiger partial charge < -0.3 is 19.9 Å². The number of aliphatic hydroxyl groups excluding tert-OH is 1. The third-order valence-corrected chi connectivity index (χ3v) is 7.60. The fourth-order valence-corrected chi connectivity index (χ4v) is 5.33. The first kappa shape index (κ1) is 23.5. The molecule has 1 atom stereocenters. The van der Waals surface area contributed by atoms with Crippen LogP contribution < -0.4 is 10.2 Å². The Balaban J connectivity index is 1.28. The van der Waals surface area contributed by atoms with Crippen molar-refractivity contribution in [1.82, 2.24) is 24.6 Å². The Hall–Kier alpha value is -3.93. The predicted molar refractivity (Wildman–Crippen MR) is 144 cm³/mol. The van der Waals surface area contributed by atoms with Crippen LogP contribution in [0.15, 0.2) is 61.1 Å². The number of nitriles is 1. The van der Waals surface area contributed by atoms with Crippen LogP contribution in [-0.4, -0.2) is 56.2 Å². The van der Waals surface area contributed by atoms with E-state index in [1.165, 1.54) is 11.3 Å². The summed E-state index contributed by atoms with van der Waals surface area (Å²) in [7, 11) is 0. The SMILES string of the molecule is CC(C)(CO)NC[C@H]1CCN(c2ccc3c(c2)Cn2cc(-c4ccc(C#N)cc4)cc2-c2nncn2-3)C1. The van der Waals surface area contributed by atoms with E-state index in [0.717, 1.165) is 60.9 Å². The van der Waals surface area contributed by atoms with Crippen LogP contribution in [0.1, 0.15) is 31.4 Å². The van der Waals surface area contributed by atoms with Gasteiger partial charge in [0.2, 0.25) is 0 Å². The molecule has 0 bridgehead atoms. The monoisotopic (exact) mass is 493 g/mol. The second-order valence-corrected chi connectivity index (χ2v) is 10.8. The lowest BCUT2D eigenvalue weighted by Gasteiger charge is -2.26. The molecular weight excluding hydrogens is 462 g/mol. The molecule has 0 amide bonds. The number of nitrogens with one attached hydrogen (secondary N) is 1. The molecule has 188 valence electrons. The molecule has 2 N–H and O–H groups in total. The van der Waals surface area contributed by atoms with Gasteiger partial charge in [-0.05, 0) is 73.7 Å². The standard InChI is InChI=1S/C29H31N7O/c1-29(2,18-37)31-14-21-9-10-34(15-21)25-7-8-26-24(11-25)17-35-16-23(22-5-3-20(13-30)4-6-22)12-27(35)28-33-32-19-36(26)28/h3-8,11-12,16,19,21,31,37H,9-10,14-15,17-18H2,1-2H3/t21-/m1/s1. The molecule has 2 aliphatic rings. The number of anilines is 1. The van der Waals surface area contributed by atoms with Gasteiger partial charge in [0.15, 0.2) is 5.82 Å². The Morgan fingerprint density at radius 1 is 1.14 bits per heavy atom. The number of aliphatic hydroxyl groups is 1. The van der Waals surface area contributed by atoms with Crippen molar-refractivity contribution in [2.24, 2.45) is 5.92 Å². The summed E-state index contributed by atoms with van der Waals surface area (Å²) in [6.45, 7) is 7.88. The van der Waals surface area contributed by atoms with Gasteiger partial charge >= 0.3 is 0 Å². The van der Waals surface area contributed by atoms with Crippen LogP contribution in [0.25, 0.3) is 28.3 Å². The van der Waals surface area contributed by atoms with E-state index in [1.54, 1.807) is 6.33 Å². The molecule has 4 aromatic rings. The smallest absolute Gasteiger partial charge is 0.185 e. The normalized spacial score (nSPS) is 16.6. The number of nitrogens with zero attached hydrogens (tertiary/aromatic N) is 6. The minimum absolute atomic E-state index is 0.133. The third kappa shape index (κ3) is 4.41. The molecule has 2 aromatic carbocycles. The second-order valence-electron chi connectivity index (χ2n) is 10.8. The molecule has 2 aliphatic heterocycles. The van der Waals surface area contributed by atoms with Gasteiger partial charge in [-0.2, -0.15) is 5.26 Å². The lowest BCUT2D eigenvalue weighted by molar-refractivity contribution is 0.184. The highest BCUT2D eigenvalue weighted by molar-refractivity contribution is 5.72. The van der Waals surface area contributed by atoms with Gasteiger partial charge in [-0.25, -0.2) is 0 Å². The summed E-state index contributed by atoms with van der Waals surface area (Å²) < 4.78 is 4.32. The number of rotatable bonds is 6. The molecule has 0 unspecified atom stereocenters. The maximum atomic E-state index is 9.55. The van der Waals surface area contributed by atoms with E-state index in [9.17, 15) is 5.11 Å². The lowest BCUT2D eigenvalue weighted by atomic mass is 10.0. The molecule has 0 aliphatic carbocycles. The molecule has 6 rings (SSSR count). The Bertz CT molecular complexity index is 1470. The number of benzene rings is 2. The van der Waals surface area contributed by atoms with E-state index in [4.69, 9.17) is 5.26 Å². The van der Waals surface area contributed by atoms with Gasteiger partial charge in [-0.3, -0.25) is 4.57 Å². The van der Waals surface area contributed by atoms with Crippen LogP contribution in [0.4, 0.5) is 5.69 Å². The fraction of sp³-hybridized carbons (Fsp3) is 0.345. The molecule has 0 radical (unpaired) electrons. The fourth-order valence-electron chi connectivity index (χ4n) is 5.33. The Labute approximate surface area is 216 Å². The molecule has 0 spiro atoms. The van der Waals surface area contributed by atoms with Gasteiger partial charge in [-0.1, -0.05) is 12.1 Å². The number of hydrogen-bond donors (Lipinski definition) is 2. The third-order valence-electron chi connectivity index (χ3n) is 7.60. The summed E-state index contributed by atoms with van der Waals surface area (Å²) in [4.78, 5) is 2.47. The Morgan fingerprint density at radius 3 is 2.76 bits per heavy atom. The zero-order valence-electron chi connectivity index (χ0n) is 21.2. The van der Waals surface area contributed by atoms with Crippen LogP contribution in [-0.2, 0) is 6.54 Å². The summed E-state index contributed by atoms with van der Waals surface area (Å²) in [5.74, 6) is 1.38. The average Bonchev–Trinajstić information content (AvgIpc) is 3.66. The van der Waals surface area contributed by atoms with Crippen LogP contribution in [0.3, 0.4) is 0 Å². The summed E-state index contributed by atoms with van der Waals surface area (Å²) in [5, 5.41) is 30.9. The van der Waals surface area contributed by atoms with E-state index in [-0.39, 0.29) is 12.1 Å². The first-order chi connectivity index (χ1) is 17.9. The minimum Gasteiger partial charge on any atom is -0.394 e. The summed E-state index contributed by atoms with van der Waals surface area (Å²) in [6, 6.07) is 18.7. The van der Waals surface area contributed by atoms with E-state index >= 15 is 0 Å². The quantitative estimate of drug-likeness (QED) is 0.373. The lowest BCUT2D eigenvalue weighted by Crippen LogP contribution is -2.45. The molecule has 37 heavy (non-hydrogen) atoms. The van der Waals surface area contributed by atoms with Crippen molar-refractivity contribution in [3.63, 3.8) is 0 Å². The van der Waals surface area contributed by atoms with Crippen molar-refractivity contribution in [3.8, 4) is 34.4 Å². The topological polar surface area (TPSA) is 94.9 Å². The van der Waals surface area contributed by atoms with Crippen LogP contribution in [0.2, 0.25) is 0 Å². The van der Waals surface area contributed by atoms with Gasteiger partial charge in [-0.15, -0.1) is 10.2 Å². The molecule has 1 saturated heterocycles. The largest absolute Gasteiger partial charge is 0.394 e. The second kappa shape index (κ2) is 9.18. The van der Waals surface area contributed by atoms with E-state index in [0.29, 0.717) is 11.5 Å². The maximum absolute atomic E-state index is 9.55. The molecule has 0 saturated carbocycles. The maximum Gasteiger partial charge on any atom is 0.185 e. The van der Waals surface area contributed by atoms with Gasteiger partial charge in [0.25, 0.3) is 0 Å². The van der Waals surface area contributed by atoms with Gasteiger partial charge in [0.1, 0.15) is 6.33 Å². The predicted octanol–water partition coefficient (Wildman–Crippen LogP) is 3.82. The van der Waals surface area contributed by atoms with Crippen LogP contribution in [0, 0.1) is 17.2 Å². The number of aromatic nitrogens is 4. The molecular formula is C29H31N7O. The molecule has 4 heterocycles. The molecule has 8 heteroatoms. The summed E-state index contributed by atoms with van der Waals surface area (Å²) in [6.07, 6.45) is 5.09. The van der Waals surface area contributed by atoms with Crippen molar-refractivity contribution in [2.75, 3.05) is 31.1 Å². The summed E-state index contributed by atoms with van der Waals surface area (Å²) >= 11 is 0.